The Bertz CT molecular complexity index is 240. The highest BCUT2D eigenvalue weighted by Gasteiger charge is 2.23. The number of likely N-dealkylation sites (N-methyl/N-ethyl adjacent to an activating group) is 1. The maximum Gasteiger partial charge on any atom is 0.144 e. The minimum Gasteiger partial charge on any atom is -0.409 e. The van der Waals surface area contributed by atoms with Crippen molar-refractivity contribution in [1.82, 2.24) is 4.90 Å². The summed E-state index contributed by atoms with van der Waals surface area (Å²) in [5.74, 6) is 0.282. The molecule has 0 spiro atoms. The van der Waals surface area contributed by atoms with Gasteiger partial charge in [-0.05, 0) is 33.9 Å². The van der Waals surface area contributed by atoms with Gasteiger partial charge in [0.15, 0.2) is 0 Å². The second-order valence-corrected chi connectivity index (χ2v) is 5.34. The monoisotopic (exact) mass is 245 g/mol. The van der Waals surface area contributed by atoms with Crippen LogP contribution in [0.5, 0.6) is 0 Å². The lowest BCUT2D eigenvalue weighted by Crippen LogP contribution is -2.36. The van der Waals surface area contributed by atoms with E-state index >= 15 is 0 Å². The fraction of sp³-hybridized carbons (Fsp3) is 0.917. The lowest BCUT2D eigenvalue weighted by molar-refractivity contribution is 0.0626. The maximum absolute atomic E-state index is 8.67. The molecule has 0 fully saturated rings. The molecular weight excluding hydrogens is 218 g/mol. The second-order valence-electron chi connectivity index (χ2n) is 5.34. The van der Waals surface area contributed by atoms with Crippen LogP contribution in [0.1, 0.15) is 34.1 Å². The zero-order valence-corrected chi connectivity index (χ0v) is 11.7. The average Bonchev–Trinajstić information content (AvgIpc) is 2.24. The van der Waals surface area contributed by atoms with Crippen molar-refractivity contribution in [2.75, 3.05) is 26.7 Å². The predicted octanol–water partition coefficient (Wildman–Crippen LogP) is 1.51. The number of oxime groups is 1. The first-order valence-corrected chi connectivity index (χ1v) is 6.07. The fourth-order valence-electron chi connectivity index (χ4n) is 1.29. The molecule has 3 N–H and O–H groups in total. The third kappa shape index (κ3) is 7.18. The first-order valence-electron chi connectivity index (χ1n) is 6.07. The Balaban J connectivity index is 3.87. The van der Waals surface area contributed by atoms with E-state index in [0.29, 0.717) is 0 Å². The predicted molar refractivity (Wildman–Crippen MR) is 70.4 cm³/mol. The second kappa shape index (κ2) is 7.50. The number of amidine groups is 1. The molecule has 0 saturated heterocycles. The number of nitrogens with zero attached hydrogens (tertiary/aromatic N) is 2. The summed E-state index contributed by atoms with van der Waals surface area (Å²) in [5.41, 5.74) is 5.36. The van der Waals surface area contributed by atoms with E-state index in [0.717, 1.165) is 26.1 Å². The van der Waals surface area contributed by atoms with Gasteiger partial charge < -0.3 is 20.6 Å². The van der Waals surface area contributed by atoms with Gasteiger partial charge >= 0.3 is 0 Å². The Morgan fingerprint density at radius 1 is 1.41 bits per heavy atom. The molecule has 0 aliphatic rings. The van der Waals surface area contributed by atoms with E-state index in [4.69, 9.17) is 15.7 Å². The Morgan fingerprint density at radius 2 is 2.00 bits per heavy atom. The van der Waals surface area contributed by atoms with Crippen LogP contribution in [-0.2, 0) is 4.74 Å². The number of ether oxygens (including phenoxy) is 1. The van der Waals surface area contributed by atoms with Crippen molar-refractivity contribution >= 4 is 5.84 Å². The minimum absolute atomic E-state index is 0.275. The van der Waals surface area contributed by atoms with Crippen LogP contribution in [0.4, 0.5) is 0 Å². The number of rotatable bonds is 8. The van der Waals surface area contributed by atoms with Gasteiger partial charge in [-0.15, -0.1) is 0 Å². The van der Waals surface area contributed by atoms with Crippen LogP contribution in [0.25, 0.3) is 0 Å². The van der Waals surface area contributed by atoms with Gasteiger partial charge in [-0.3, -0.25) is 0 Å². The summed E-state index contributed by atoms with van der Waals surface area (Å²) in [4.78, 5) is 2.19. The van der Waals surface area contributed by atoms with Crippen molar-refractivity contribution < 1.29 is 9.94 Å². The fourth-order valence-corrected chi connectivity index (χ4v) is 1.29. The zero-order valence-electron chi connectivity index (χ0n) is 11.7. The maximum atomic E-state index is 8.67. The van der Waals surface area contributed by atoms with Crippen LogP contribution >= 0.6 is 0 Å². The van der Waals surface area contributed by atoms with Crippen molar-refractivity contribution in [1.29, 1.82) is 0 Å². The summed E-state index contributed by atoms with van der Waals surface area (Å²) in [6.45, 7) is 10.5. The van der Waals surface area contributed by atoms with Gasteiger partial charge in [-0.1, -0.05) is 19.0 Å². The van der Waals surface area contributed by atoms with E-state index in [2.05, 4.69) is 10.1 Å². The summed E-state index contributed by atoms with van der Waals surface area (Å²) < 4.78 is 5.48. The molecule has 5 nitrogen and oxygen atoms in total. The van der Waals surface area contributed by atoms with Gasteiger partial charge in [0.25, 0.3) is 0 Å². The molecule has 0 bridgehead atoms. The van der Waals surface area contributed by atoms with Crippen LogP contribution < -0.4 is 5.73 Å². The Morgan fingerprint density at radius 3 is 2.47 bits per heavy atom. The van der Waals surface area contributed by atoms with Gasteiger partial charge in [0.05, 0.1) is 12.7 Å². The van der Waals surface area contributed by atoms with Crippen LogP contribution in [0.2, 0.25) is 0 Å². The van der Waals surface area contributed by atoms with Crippen LogP contribution in [0, 0.1) is 5.41 Å². The minimum atomic E-state index is -0.276. The SMILES string of the molecule is CC(C)OCCN(C)CCC(C)(C)C(N)=NO. The molecule has 0 rings (SSSR count). The first kappa shape index (κ1) is 16.2. The first-order chi connectivity index (χ1) is 7.79. The lowest BCUT2D eigenvalue weighted by Gasteiger charge is -2.26. The largest absolute Gasteiger partial charge is 0.409 e. The van der Waals surface area contributed by atoms with E-state index in [9.17, 15) is 0 Å². The summed E-state index contributed by atoms with van der Waals surface area (Å²) >= 11 is 0. The van der Waals surface area contributed by atoms with Gasteiger partial charge in [0, 0.05) is 12.0 Å². The highest BCUT2D eigenvalue weighted by molar-refractivity contribution is 5.85. The third-order valence-corrected chi connectivity index (χ3v) is 2.84. The van der Waals surface area contributed by atoms with Crippen LogP contribution in [-0.4, -0.2) is 48.8 Å². The molecule has 0 aliphatic carbocycles. The van der Waals surface area contributed by atoms with Crippen molar-refractivity contribution in [3.8, 4) is 0 Å². The lowest BCUT2D eigenvalue weighted by atomic mass is 9.88. The smallest absolute Gasteiger partial charge is 0.144 e. The zero-order chi connectivity index (χ0) is 13.5. The molecule has 17 heavy (non-hydrogen) atoms. The number of hydrogen-bond donors (Lipinski definition) is 2. The molecule has 0 unspecified atom stereocenters. The molecule has 0 radical (unpaired) electrons. The molecule has 0 amide bonds. The Labute approximate surface area is 105 Å². The Kier molecular flexibility index (Phi) is 7.15. The molecule has 5 heteroatoms. The highest BCUT2D eigenvalue weighted by atomic mass is 16.5. The topological polar surface area (TPSA) is 71.1 Å². The molecule has 0 heterocycles. The van der Waals surface area contributed by atoms with Crippen molar-refractivity contribution in [3.63, 3.8) is 0 Å². The van der Waals surface area contributed by atoms with Gasteiger partial charge in [0.1, 0.15) is 5.84 Å². The summed E-state index contributed by atoms with van der Waals surface area (Å²) in [7, 11) is 2.05. The van der Waals surface area contributed by atoms with Gasteiger partial charge in [-0.25, -0.2) is 0 Å². The summed E-state index contributed by atoms with van der Waals surface area (Å²) in [5, 5.41) is 11.7. The summed E-state index contributed by atoms with van der Waals surface area (Å²) in [6, 6.07) is 0. The standard InChI is InChI=1S/C12H27N3O2/c1-10(2)17-9-8-15(5)7-6-12(3,4)11(13)14-16/h10,16H,6-9H2,1-5H3,(H2,13,14). The van der Waals surface area contributed by atoms with Crippen molar-refractivity contribution in [2.45, 2.75) is 40.2 Å². The van der Waals surface area contributed by atoms with Gasteiger partial charge in [0.2, 0.25) is 0 Å². The molecular formula is C12H27N3O2. The molecule has 0 aromatic heterocycles. The number of nitrogens with two attached hydrogens (primary N) is 1. The molecule has 102 valence electrons. The average molecular weight is 245 g/mol. The van der Waals surface area contributed by atoms with Crippen molar-refractivity contribution in [3.05, 3.63) is 0 Å². The molecule has 0 aromatic rings. The highest BCUT2D eigenvalue weighted by Crippen LogP contribution is 2.20. The van der Waals surface area contributed by atoms with Gasteiger partial charge in [-0.2, -0.15) is 0 Å². The van der Waals surface area contributed by atoms with Crippen LogP contribution in [0.3, 0.4) is 0 Å². The van der Waals surface area contributed by atoms with E-state index in [1.54, 1.807) is 0 Å². The number of hydrogen-bond acceptors (Lipinski definition) is 4. The Hall–Kier alpha value is -0.810. The quantitative estimate of drug-likeness (QED) is 0.294. The van der Waals surface area contributed by atoms with E-state index < -0.39 is 0 Å². The molecule has 0 atom stereocenters. The molecule has 0 aromatic carbocycles. The third-order valence-electron chi connectivity index (χ3n) is 2.84. The molecule has 0 saturated carbocycles. The molecule has 0 aliphatic heterocycles. The van der Waals surface area contributed by atoms with E-state index in [1.807, 2.05) is 34.7 Å². The summed E-state index contributed by atoms with van der Waals surface area (Å²) in [6.07, 6.45) is 1.12. The van der Waals surface area contributed by atoms with Crippen molar-refractivity contribution in [2.24, 2.45) is 16.3 Å². The van der Waals surface area contributed by atoms with E-state index in [-0.39, 0.29) is 17.4 Å². The van der Waals surface area contributed by atoms with E-state index in [1.165, 1.54) is 0 Å². The van der Waals surface area contributed by atoms with Crippen LogP contribution in [0.15, 0.2) is 5.16 Å². The normalized spacial score (nSPS) is 13.7.